The molecular weight excluding hydrogens is 352 g/mol. The number of aliphatic hydroxyl groups is 7. The Bertz CT molecular complexity index is 495. The van der Waals surface area contributed by atoms with E-state index in [1.807, 2.05) is 0 Å². The summed E-state index contributed by atoms with van der Waals surface area (Å²) in [6, 6.07) is 0. The third-order valence-electron chi connectivity index (χ3n) is 3.47. The predicted molar refractivity (Wildman–Crippen MR) is 70.5 cm³/mol. The normalized spacial score (nSPS) is 34.4. The minimum absolute atomic E-state index is 0.197. The smallest absolute Gasteiger partial charge is 0.339 e. The second-order valence-electron chi connectivity index (χ2n) is 5.22. The molecule has 1 heterocycles. The van der Waals surface area contributed by atoms with E-state index in [4.69, 9.17) is 10.2 Å². The average Bonchev–Trinajstić information content (AvgIpc) is 2.58. The highest BCUT2D eigenvalue weighted by atomic mass is 16.7. The second-order valence-corrected chi connectivity index (χ2v) is 5.22. The molecule has 0 saturated carbocycles. The Morgan fingerprint density at radius 2 is 1.52 bits per heavy atom. The van der Waals surface area contributed by atoms with Crippen LogP contribution in [0.15, 0.2) is 0 Å². The van der Waals surface area contributed by atoms with Gasteiger partial charge in [-0.15, -0.1) is 0 Å². The average molecular weight is 370 g/mol. The zero-order chi connectivity index (χ0) is 19.5. The molecule has 0 bridgehead atoms. The number of esters is 1. The van der Waals surface area contributed by atoms with E-state index >= 15 is 0 Å². The summed E-state index contributed by atoms with van der Waals surface area (Å²) in [4.78, 5) is 33.3. The molecule has 0 unspecified atom stereocenters. The lowest BCUT2D eigenvalue weighted by Gasteiger charge is -2.37. The number of aldehydes is 1. The maximum Gasteiger partial charge on any atom is 0.339 e. The molecule has 1 aliphatic rings. The fourth-order valence-electron chi connectivity index (χ4n) is 1.96. The first-order valence-electron chi connectivity index (χ1n) is 6.83. The highest BCUT2D eigenvalue weighted by molar-refractivity contribution is 5.78. The summed E-state index contributed by atoms with van der Waals surface area (Å²) in [5, 5.41) is 74.3. The lowest BCUT2D eigenvalue weighted by molar-refractivity contribution is -0.282. The maximum absolute atomic E-state index is 11.9. The van der Waals surface area contributed by atoms with Crippen LogP contribution in [0.25, 0.3) is 0 Å². The van der Waals surface area contributed by atoms with Crippen molar-refractivity contribution >= 4 is 18.2 Å². The van der Waals surface area contributed by atoms with Crippen LogP contribution in [0.5, 0.6) is 0 Å². The summed E-state index contributed by atoms with van der Waals surface area (Å²) in [5.74, 6) is -3.50. The van der Waals surface area contributed by atoms with Gasteiger partial charge in [0.05, 0.1) is 0 Å². The first-order valence-corrected chi connectivity index (χ1v) is 6.83. The Kier molecular flexibility index (Phi) is 7.33. The SMILES string of the molecule is O=C[C@@H](OC(=O)[C@H]1O[C@@H](O)[C@@H](O)[C@@H](O)[C@@H]1O)[C@@H](O)[C@H](O)[C@H](O)C(=O)O. The van der Waals surface area contributed by atoms with Crippen molar-refractivity contribution in [1.82, 2.24) is 0 Å². The minimum Gasteiger partial charge on any atom is -0.479 e. The third kappa shape index (κ3) is 4.68. The van der Waals surface area contributed by atoms with Gasteiger partial charge in [-0.25, -0.2) is 9.59 Å². The van der Waals surface area contributed by atoms with Crippen molar-refractivity contribution in [2.75, 3.05) is 0 Å². The molecule has 0 radical (unpaired) electrons. The van der Waals surface area contributed by atoms with Crippen LogP contribution in [0, 0.1) is 0 Å². The summed E-state index contributed by atoms with van der Waals surface area (Å²) < 4.78 is 8.98. The summed E-state index contributed by atoms with van der Waals surface area (Å²) in [6.07, 6.45) is -19.8. The van der Waals surface area contributed by atoms with Crippen LogP contribution in [0.1, 0.15) is 0 Å². The molecule has 1 rings (SSSR count). The third-order valence-corrected chi connectivity index (χ3v) is 3.47. The van der Waals surface area contributed by atoms with Crippen LogP contribution < -0.4 is 0 Å². The van der Waals surface area contributed by atoms with E-state index < -0.39 is 67.1 Å². The lowest BCUT2D eigenvalue weighted by atomic mass is 9.99. The number of carboxylic acid groups (broad SMARTS) is 1. The Morgan fingerprint density at radius 1 is 0.960 bits per heavy atom. The molecule has 0 aromatic rings. The number of aliphatic hydroxyl groups excluding tert-OH is 7. The lowest BCUT2D eigenvalue weighted by Crippen LogP contribution is -2.60. The molecular formula is C12H18O13. The fraction of sp³-hybridized carbons (Fsp3) is 0.750. The molecule has 13 nitrogen and oxygen atoms in total. The van der Waals surface area contributed by atoms with Crippen molar-refractivity contribution in [3.8, 4) is 0 Å². The van der Waals surface area contributed by atoms with E-state index in [-0.39, 0.29) is 6.29 Å². The van der Waals surface area contributed by atoms with Gasteiger partial charge in [-0.05, 0) is 0 Å². The van der Waals surface area contributed by atoms with E-state index in [1.54, 1.807) is 0 Å². The first kappa shape index (κ1) is 21.3. The fourth-order valence-corrected chi connectivity index (χ4v) is 1.96. The molecule has 1 fully saturated rings. The van der Waals surface area contributed by atoms with Crippen molar-refractivity contribution in [3.05, 3.63) is 0 Å². The van der Waals surface area contributed by atoms with Crippen LogP contribution in [-0.2, 0) is 23.9 Å². The maximum atomic E-state index is 11.9. The van der Waals surface area contributed by atoms with Crippen molar-refractivity contribution in [2.45, 2.75) is 55.1 Å². The van der Waals surface area contributed by atoms with E-state index in [2.05, 4.69) is 9.47 Å². The molecule has 1 aliphatic heterocycles. The molecule has 144 valence electrons. The Morgan fingerprint density at radius 3 is 2.00 bits per heavy atom. The highest BCUT2D eigenvalue weighted by Gasteiger charge is 2.48. The Hall–Kier alpha value is -1.71. The predicted octanol–water partition coefficient (Wildman–Crippen LogP) is -5.94. The molecule has 0 aromatic heterocycles. The molecule has 0 amide bonds. The second kappa shape index (κ2) is 8.59. The summed E-state index contributed by atoms with van der Waals surface area (Å²) in [7, 11) is 0. The van der Waals surface area contributed by atoms with Gasteiger partial charge in [0.2, 0.25) is 0 Å². The number of hydrogen-bond donors (Lipinski definition) is 8. The summed E-state index contributed by atoms with van der Waals surface area (Å²) in [6.45, 7) is 0. The van der Waals surface area contributed by atoms with E-state index in [9.17, 15) is 45.0 Å². The summed E-state index contributed by atoms with van der Waals surface area (Å²) >= 11 is 0. The topological polar surface area (TPSA) is 232 Å². The number of carbonyl (C=O) groups is 3. The molecule has 8 N–H and O–H groups in total. The number of hydrogen-bond acceptors (Lipinski definition) is 12. The van der Waals surface area contributed by atoms with Gasteiger partial charge in [0.1, 0.15) is 30.5 Å². The molecule has 9 atom stereocenters. The van der Waals surface area contributed by atoms with Gasteiger partial charge in [0, 0.05) is 0 Å². The van der Waals surface area contributed by atoms with Crippen LogP contribution in [0.3, 0.4) is 0 Å². The van der Waals surface area contributed by atoms with Crippen molar-refractivity contribution in [3.63, 3.8) is 0 Å². The minimum atomic E-state index is -2.49. The number of aliphatic carboxylic acids is 1. The van der Waals surface area contributed by atoms with Gasteiger partial charge in [0.25, 0.3) is 0 Å². The highest BCUT2D eigenvalue weighted by Crippen LogP contribution is 2.21. The van der Waals surface area contributed by atoms with Crippen molar-refractivity contribution < 1.29 is 64.7 Å². The van der Waals surface area contributed by atoms with Gasteiger partial charge >= 0.3 is 11.9 Å². The molecule has 13 heteroatoms. The zero-order valence-electron chi connectivity index (χ0n) is 12.4. The van der Waals surface area contributed by atoms with Crippen LogP contribution in [-0.4, -0.2) is 114 Å². The van der Waals surface area contributed by atoms with Crippen LogP contribution in [0.2, 0.25) is 0 Å². The van der Waals surface area contributed by atoms with E-state index in [0.29, 0.717) is 0 Å². The van der Waals surface area contributed by atoms with Crippen LogP contribution in [0.4, 0.5) is 0 Å². The number of rotatable bonds is 7. The molecule has 1 saturated heterocycles. The zero-order valence-corrected chi connectivity index (χ0v) is 12.4. The Labute approximate surface area is 139 Å². The van der Waals surface area contributed by atoms with Crippen molar-refractivity contribution in [1.29, 1.82) is 0 Å². The van der Waals surface area contributed by atoms with Gasteiger partial charge < -0.3 is 50.3 Å². The van der Waals surface area contributed by atoms with Crippen molar-refractivity contribution in [2.24, 2.45) is 0 Å². The molecule has 25 heavy (non-hydrogen) atoms. The van der Waals surface area contributed by atoms with Gasteiger partial charge in [-0.3, -0.25) is 4.79 Å². The van der Waals surface area contributed by atoms with Gasteiger partial charge in [0.15, 0.2) is 30.9 Å². The quantitative estimate of drug-likeness (QED) is 0.154. The largest absolute Gasteiger partial charge is 0.479 e. The summed E-state index contributed by atoms with van der Waals surface area (Å²) in [5.41, 5.74) is 0. The van der Waals surface area contributed by atoms with Gasteiger partial charge in [-0.1, -0.05) is 0 Å². The first-order chi connectivity index (χ1) is 11.5. The van der Waals surface area contributed by atoms with E-state index in [0.717, 1.165) is 0 Å². The monoisotopic (exact) mass is 370 g/mol. The Balaban J connectivity index is 2.82. The molecule has 0 aliphatic carbocycles. The van der Waals surface area contributed by atoms with Crippen LogP contribution >= 0.6 is 0 Å². The standard InChI is InChI=1S/C12H18O13/c13-1-2(3(14)4(15)7(18)10(20)21)24-12(23)9-6(17)5(16)8(19)11(22)25-9/h1-9,11,14-19,22H,(H,20,21)/t2-,3-,4+,5+,6+,7+,8+,9+,11-/m1/s1. The number of carboxylic acids is 1. The molecule has 0 spiro atoms. The van der Waals surface area contributed by atoms with E-state index in [1.165, 1.54) is 0 Å². The number of carbonyl (C=O) groups excluding carboxylic acids is 2. The number of ether oxygens (including phenoxy) is 2. The molecule has 0 aromatic carbocycles. The van der Waals surface area contributed by atoms with Gasteiger partial charge in [-0.2, -0.15) is 0 Å².